The minimum Gasteiger partial charge on any atom is -0.469 e. The van der Waals surface area contributed by atoms with Gasteiger partial charge in [-0.3, -0.25) is 9.59 Å². The van der Waals surface area contributed by atoms with E-state index in [1.165, 1.54) is 14.0 Å². The zero-order valence-electron chi connectivity index (χ0n) is 6.66. The first-order valence-electron chi connectivity index (χ1n) is 3.48. The Morgan fingerprint density at radius 2 is 2.00 bits per heavy atom. The largest absolute Gasteiger partial charge is 0.469 e. The minimum absolute atomic E-state index is 0.0187. The second-order valence-electron chi connectivity index (χ2n) is 2.64. The first-order chi connectivity index (χ1) is 5.15. The third-order valence-electron chi connectivity index (χ3n) is 1.86. The van der Waals surface area contributed by atoms with E-state index in [2.05, 4.69) is 4.74 Å². The molecule has 1 aliphatic heterocycles. The molecule has 1 fully saturated rings. The van der Waals surface area contributed by atoms with Gasteiger partial charge in [-0.15, -0.1) is 0 Å². The molecule has 0 saturated carbocycles. The van der Waals surface area contributed by atoms with Gasteiger partial charge in [0.2, 0.25) is 5.91 Å². The predicted molar refractivity (Wildman–Crippen MR) is 37.8 cm³/mol. The van der Waals surface area contributed by atoms with Crippen molar-refractivity contribution in [1.29, 1.82) is 0 Å². The lowest BCUT2D eigenvalue weighted by Crippen LogP contribution is -2.52. The van der Waals surface area contributed by atoms with Crippen LogP contribution in [-0.4, -0.2) is 37.0 Å². The third kappa shape index (κ3) is 1.50. The van der Waals surface area contributed by atoms with Crippen LogP contribution in [0.25, 0.3) is 0 Å². The van der Waals surface area contributed by atoms with Crippen molar-refractivity contribution < 1.29 is 14.3 Å². The maximum Gasteiger partial charge on any atom is 0.312 e. The molecule has 1 heterocycles. The number of esters is 1. The molecule has 0 bridgehead atoms. The van der Waals surface area contributed by atoms with Crippen LogP contribution in [0.4, 0.5) is 0 Å². The van der Waals surface area contributed by atoms with Crippen LogP contribution >= 0.6 is 0 Å². The molecule has 1 aliphatic rings. The highest BCUT2D eigenvalue weighted by atomic mass is 16.5. The van der Waals surface area contributed by atoms with Crippen LogP contribution in [0.5, 0.6) is 0 Å². The van der Waals surface area contributed by atoms with E-state index >= 15 is 0 Å². The van der Waals surface area contributed by atoms with Gasteiger partial charge in [0.15, 0.2) is 0 Å². The molecule has 0 unspecified atom stereocenters. The first-order valence-corrected chi connectivity index (χ1v) is 3.48. The summed E-state index contributed by atoms with van der Waals surface area (Å²) in [7, 11) is 1.36. The molecule has 1 saturated heterocycles. The van der Waals surface area contributed by atoms with Crippen molar-refractivity contribution in [2.75, 3.05) is 20.2 Å². The summed E-state index contributed by atoms with van der Waals surface area (Å²) >= 11 is 0. The number of methoxy groups -OCH3 is 1. The number of amides is 1. The summed E-state index contributed by atoms with van der Waals surface area (Å²) in [5.74, 6) is -0.295. The van der Waals surface area contributed by atoms with E-state index in [1.807, 2.05) is 0 Å². The summed E-state index contributed by atoms with van der Waals surface area (Å²) in [6.07, 6.45) is 0. The molecule has 11 heavy (non-hydrogen) atoms. The van der Waals surface area contributed by atoms with E-state index in [0.29, 0.717) is 13.1 Å². The fourth-order valence-electron chi connectivity index (χ4n) is 1.05. The Morgan fingerprint density at radius 3 is 2.36 bits per heavy atom. The molecule has 0 aliphatic carbocycles. The number of hydrogen-bond acceptors (Lipinski definition) is 3. The maximum absolute atomic E-state index is 10.8. The number of carbonyl (C=O) groups excluding carboxylic acids is 2. The Labute approximate surface area is 65.1 Å². The third-order valence-corrected chi connectivity index (χ3v) is 1.86. The van der Waals surface area contributed by atoms with Gasteiger partial charge in [0.25, 0.3) is 0 Å². The standard InChI is InChI=1S/C7H11NO3/c1-5(9)8-3-6(4-8)7(10)11-2/h6H,3-4H2,1-2H3. The lowest BCUT2D eigenvalue weighted by molar-refractivity contribution is -0.154. The van der Waals surface area contributed by atoms with Gasteiger partial charge in [0.05, 0.1) is 13.0 Å². The molecule has 0 spiro atoms. The molecule has 0 aromatic carbocycles. The summed E-state index contributed by atoms with van der Waals surface area (Å²) in [5, 5.41) is 0. The van der Waals surface area contributed by atoms with Crippen LogP contribution in [0.3, 0.4) is 0 Å². The average Bonchev–Trinajstić information content (AvgIpc) is 1.83. The fraction of sp³-hybridized carbons (Fsp3) is 0.714. The highest BCUT2D eigenvalue weighted by Gasteiger charge is 2.34. The Bertz CT molecular complexity index is 184. The van der Waals surface area contributed by atoms with Crippen molar-refractivity contribution in [3.8, 4) is 0 Å². The Balaban J connectivity index is 2.29. The van der Waals surface area contributed by atoms with Crippen molar-refractivity contribution in [3.63, 3.8) is 0 Å². The molecule has 0 radical (unpaired) electrons. The normalized spacial score (nSPS) is 17.5. The Hall–Kier alpha value is -1.06. The number of likely N-dealkylation sites (tertiary alicyclic amines) is 1. The fourth-order valence-corrected chi connectivity index (χ4v) is 1.05. The monoisotopic (exact) mass is 157 g/mol. The van der Waals surface area contributed by atoms with Gasteiger partial charge in [-0.25, -0.2) is 0 Å². The molecule has 62 valence electrons. The average molecular weight is 157 g/mol. The van der Waals surface area contributed by atoms with Crippen molar-refractivity contribution >= 4 is 11.9 Å². The summed E-state index contributed by atoms with van der Waals surface area (Å²) < 4.78 is 4.51. The van der Waals surface area contributed by atoms with Crippen LogP contribution in [0, 0.1) is 5.92 Å². The number of carbonyl (C=O) groups is 2. The van der Waals surface area contributed by atoms with E-state index in [1.54, 1.807) is 4.90 Å². The van der Waals surface area contributed by atoms with E-state index < -0.39 is 0 Å². The van der Waals surface area contributed by atoms with Crippen molar-refractivity contribution in [3.05, 3.63) is 0 Å². The highest BCUT2D eigenvalue weighted by molar-refractivity contribution is 5.80. The lowest BCUT2D eigenvalue weighted by Gasteiger charge is -2.36. The second kappa shape index (κ2) is 2.90. The maximum atomic E-state index is 10.8. The van der Waals surface area contributed by atoms with Gasteiger partial charge in [-0.2, -0.15) is 0 Å². The van der Waals surface area contributed by atoms with Gasteiger partial charge in [0, 0.05) is 20.0 Å². The second-order valence-corrected chi connectivity index (χ2v) is 2.64. The molecule has 0 N–H and O–H groups in total. The SMILES string of the molecule is COC(=O)C1CN(C(C)=O)C1. The lowest BCUT2D eigenvalue weighted by atomic mass is 10.0. The molecule has 0 aromatic heterocycles. The van der Waals surface area contributed by atoms with Gasteiger partial charge in [0.1, 0.15) is 0 Å². The van der Waals surface area contributed by atoms with Crippen molar-refractivity contribution in [2.24, 2.45) is 5.92 Å². The van der Waals surface area contributed by atoms with Crippen molar-refractivity contribution in [2.45, 2.75) is 6.92 Å². The van der Waals surface area contributed by atoms with Gasteiger partial charge < -0.3 is 9.64 Å². The van der Waals surface area contributed by atoms with E-state index in [-0.39, 0.29) is 17.8 Å². The smallest absolute Gasteiger partial charge is 0.312 e. The Morgan fingerprint density at radius 1 is 1.45 bits per heavy atom. The summed E-state index contributed by atoms with van der Waals surface area (Å²) in [4.78, 5) is 23.1. The molecule has 1 amide bonds. The van der Waals surface area contributed by atoms with Gasteiger partial charge in [-0.05, 0) is 0 Å². The molecule has 0 atom stereocenters. The van der Waals surface area contributed by atoms with Crippen LogP contribution in [0.15, 0.2) is 0 Å². The topological polar surface area (TPSA) is 46.6 Å². The highest BCUT2D eigenvalue weighted by Crippen LogP contribution is 2.16. The summed E-state index contributed by atoms with van der Waals surface area (Å²) in [6, 6.07) is 0. The van der Waals surface area contributed by atoms with E-state index in [9.17, 15) is 9.59 Å². The zero-order valence-corrected chi connectivity index (χ0v) is 6.66. The van der Waals surface area contributed by atoms with Crippen LogP contribution < -0.4 is 0 Å². The van der Waals surface area contributed by atoms with E-state index in [4.69, 9.17) is 0 Å². The van der Waals surface area contributed by atoms with Crippen LogP contribution in [0.2, 0.25) is 0 Å². The molecule has 0 aromatic rings. The quantitative estimate of drug-likeness (QED) is 0.488. The summed E-state index contributed by atoms with van der Waals surface area (Å²) in [5.41, 5.74) is 0. The molecular weight excluding hydrogens is 146 g/mol. The molecule has 1 rings (SSSR count). The first kappa shape index (κ1) is 8.04. The van der Waals surface area contributed by atoms with Crippen LogP contribution in [0.1, 0.15) is 6.92 Å². The summed E-state index contributed by atoms with van der Waals surface area (Å²) in [6.45, 7) is 2.53. The number of ether oxygens (including phenoxy) is 1. The van der Waals surface area contributed by atoms with E-state index in [0.717, 1.165) is 0 Å². The predicted octanol–water partition coefficient (Wildman–Crippen LogP) is -0.362. The van der Waals surface area contributed by atoms with Crippen LogP contribution in [-0.2, 0) is 14.3 Å². The molecule has 4 nitrogen and oxygen atoms in total. The Kier molecular flexibility index (Phi) is 2.12. The van der Waals surface area contributed by atoms with Crippen molar-refractivity contribution in [1.82, 2.24) is 4.90 Å². The number of nitrogens with zero attached hydrogens (tertiary/aromatic N) is 1. The molecule has 4 heteroatoms. The minimum atomic E-state index is -0.220. The number of hydrogen-bond donors (Lipinski definition) is 0. The molecular formula is C7H11NO3. The van der Waals surface area contributed by atoms with Gasteiger partial charge >= 0.3 is 5.97 Å². The van der Waals surface area contributed by atoms with Gasteiger partial charge in [-0.1, -0.05) is 0 Å². The zero-order chi connectivity index (χ0) is 8.43. The number of rotatable bonds is 1.